The van der Waals surface area contributed by atoms with Crippen molar-refractivity contribution in [1.82, 2.24) is 4.98 Å². The maximum absolute atomic E-state index is 12.0. The highest BCUT2D eigenvalue weighted by Gasteiger charge is 2.18. The Kier molecular flexibility index (Phi) is 4.37. The maximum Gasteiger partial charge on any atom is 0.337 e. The second kappa shape index (κ2) is 7.00. The van der Waals surface area contributed by atoms with Gasteiger partial charge in [-0.05, 0) is 41.5 Å². The molecule has 1 N–H and O–H groups in total. The van der Waals surface area contributed by atoms with E-state index in [0.29, 0.717) is 5.56 Å². The molecule has 0 amide bonds. The van der Waals surface area contributed by atoms with Gasteiger partial charge >= 0.3 is 5.97 Å². The van der Waals surface area contributed by atoms with Crippen LogP contribution >= 0.6 is 0 Å². The quantitative estimate of drug-likeness (QED) is 0.303. The van der Waals surface area contributed by atoms with Crippen molar-refractivity contribution in [2.24, 2.45) is 0 Å². The molecule has 0 aliphatic rings. The normalized spacial score (nSPS) is 10.8. The van der Waals surface area contributed by atoms with Crippen LogP contribution in [0.25, 0.3) is 33.3 Å². The molecule has 0 atom stereocenters. The Bertz CT molecular complexity index is 1180. The number of nitrogens with zero attached hydrogens (tertiary/aromatic N) is 1. The average molecular weight is 372 g/mol. The first-order valence-corrected chi connectivity index (χ1v) is 8.63. The molecule has 1 aromatic heterocycles. The fraction of sp³-hybridized carbons (Fsp3) is 0.0455. The van der Waals surface area contributed by atoms with Gasteiger partial charge in [0.15, 0.2) is 0 Å². The SMILES string of the molecule is COC(=O)c1ccc2[nH]c(-c3ccc([N+](=O)[O-])cc3)c(-c3ccccc3)c2c1. The summed E-state index contributed by atoms with van der Waals surface area (Å²) >= 11 is 0. The lowest BCUT2D eigenvalue weighted by Crippen LogP contribution is -2.00. The molecule has 1 heterocycles. The number of hydrogen-bond acceptors (Lipinski definition) is 4. The van der Waals surface area contributed by atoms with Crippen molar-refractivity contribution in [3.8, 4) is 22.4 Å². The average Bonchev–Trinajstić information content (AvgIpc) is 3.12. The number of hydrogen-bond donors (Lipinski definition) is 1. The predicted molar refractivity (Wildman–Crippen MR) is 107 cm³/mol. The molecule has 0 saturated carbocycles. The second-order valence-electron chi connectivity index (χ2n) is 6.30. The van der Waals surface area contributed by atoms with E-state index in [1.165, 1.54) is 19.2 Å². The number of aromatic nitrogens is 1. The van der Waals surface area contributed by atoms with Gasteiger partial charge < -0.3 is 9.72 Å². The molecule has 4 rings (SSSR count). The molecule has 0 radical (unpaired) electrons. The Morgan fingerprint density at radius 1 is 0.964 bits per heavy atom. The van der Waals surface area contributed by atoms with Crippen LogP contribution in [0.4, 0.5) is 5.69 Å². The summed E-state index contributed by atoms with van der Waals surface area (Å²) < 4.78 is 4.84. The molecule has 0 aliphatic heterocycles. The number of nitro groups is 1. The summed E-state index contributed by atoms with van der Waals surface area (Å²) in [6.07, 6.45) is 0. The Labute approximate surface area is 160 Å². The standard InChI is InChI=1S/C22H16N2O4/c1-28-22(25)16-9-12-19-18(13-16)20(14-5-3-2-4-6-14)21(23-19)15-7-10-17(11-8-15)24(26)27/h2-13,23H,1H3. The van der Waals surface area contributed by atoms with Crippen molar-refractivity contribution >= 4 is 22.6 Å². The van der Waals surface area contributed by atoms with Crippen LogP contribution in [0.3, 0.4) is 0 Å². The molecule has 28 heavy (non-hydrogen) atoms. The number of carbonyl (C=O) groups is 1. The first-order chi connectivity index (χ1) is 13.6. The zero-order chi connectivity index (χ0) is 19.7. The van der Waals surface area contributed by atoms with Crippen molar-refractivity contribution in [3.63, 3.8) is 0 Å². The van der Waals surface area contributed by atoms with Gasteiger partial charge in [-0.1, -0.05) is 30.3 Å². The van der Waals surface area contributed by atoms with Gasteiger partial charge in [0, 0.05) is 28.6 Å². The minimum absolute atomic E-state index is 0.0362. The molecule has 6 heteroatoms. The molecule has 3 aromatic carbocycles. The van der Waals surface area contributed by atoms with Crippen LogP contribution in [-0.4, -0.2) is 23.0 Å². The number of fused-ring (bicyclic) bond motifs is 1. The third kappa shape index (κ3) is 3.01. The molecule has 0 saturated heterocycles. The van der Waals surface area contributed by atoms with Crippen molar-refractivity contribution in [2.45, 2.75) is 0 Å². The zero-order valence-electron chi connectivity index (χ0n) is 15.0. The number of non-ortho nitro benzene ring substituents is 1. The van der Waals surface area contributed by atoms with Gasteiger partial charge in [-0.25, -0.2) is 4.79 Å². The number of esters is 1. The van der Waals surface area contributed by atoms with Gasteiger partial charge in [-0.15, -0.1) is 0 Å². The summed E-state index contributed by atoms with van der Waals surface area (Å²) in [7, 11) is 1.35. The first-order valence-electron chi connectivity index (χ1n) is 8.63. The molecule has 0 spiro atoms. The number of benzene rings is 3. The van der Waals surface area contributed by atoms with Gasteiger partial charge in [0.25, 0.3) is 5.69 Å². The van der Waals surface area contributed by atoms with Crippen LogP contribution in [-0.2, 0) is 4.74 Å². The number of nitro benzene ring substituents is 1. The van der Waals surface area contributed by atoms with E-state index in [-0.39, 0.29) is 5.69 Å². The van der Waals surface area contributed by atoms with Crippen LogP contribution in [0, 0.1) is 10.1 Å². The van der Waals surface area contributed by atoms with E-state index in [0.717, 1.165) is 33.3 Å². The van der Waals surface area contributed by atoms with Crippen LogP contribution in [0.2, 0.25) is 0 Å². The molecule has 0 fully saturated rings. The molecule has 6 nitrogen and oxygen atoms in total. The van der Waals surface area contributed by atoms with E-state index in [9.17, 15) is 14.9 Å². The van der Waals surface area contributed by atoms with E-state index in [1.807, 2.05) is 36.4 Å². The smallest absolute Gasteiger partial charge is 0.337 e. The van der Waals surface area contributed by atoms with Gasteiger partial charge in [0.2, 0.25) is 0 Å². The highest BCUT2D eigenvalue weighted by Crippen LogP contribution is 2.39. The highest BCUT2D eigenvalue weighted by atomic mass is 16.6. The second-order valence-corrected chi connectivity index (χ2v) is 6.30. The minimum Gasteiger partial charge on any atom is -0.465 e. The van der Waals surface area contributed by atoms with Crippen LogP contribution in [0.5, 0.6) is 0 Å². The third-order valence-electron chi connectivity index (χ3n) is 4.65. The number of aromatic amines is 1. The Hall–Kier alpha value is -3.93. The van der Waals surface area contributed by atoms with E-state index in [1.54, 1.807) is 24.3 Å². The first kappa shape index (κ1) is 17.5. The zero-order valence-corrected chi connectivity index (χ0v) is 15.0. The fourth-order valence-electron chi connectivity index (χ4n) is 3.31. The summed E-state index contributed by atoms with van der Waals surface area (Å²) in [5.74, 6) is -0.404. The van der Waals surface area contributed by atoms with Gasteiger partial charge in [0.1, 0.15) is 0 Å². The number of carbonyl (C=O) groups excluding carboxylic acids is 1. The summed E-state index contributed by atoms with van der Waals surface area (Å²) in [4.78, 5) is 25.9. The van der Waals surface area contributed by atoms with Crippen molar-refractivity contribution < 1.29 is 14.5 Å². The number of ether oxygens (including phenoxy) is 1. The maximum atomic E-state index is 12.0. The molecule has 4 aromatic rings. The largest absolute Gasteiger partial charge is 0.465 e. The predicted octanol–water partition coefficient (Wildman–Crippen LogP) is 5.20. The van der Waals surface area contributed by atoms with Crippen LogP contribution in [0.1, 0.15) is 10.4 Å². The van der Waals surface area contributed by atoms with Crippen molar-refractivity contribution in [2.75, 3.05) is 7.11 Å². The Morgan fingerprint density at radius 3 is 2.32 bits per heavy atom. The van der Waals surface area contributed by atoms with Gasteiger partial charge in [0.05, 0.1) is 23.3 Å². The molecule has 0 aliphatic carbocycles. The topological polar surface area (TPSA) is 85.2 Å². The number of H-pyrrole nitrogens is 1. The van der Waals surface area contributed by atoms with E-state index in [2.05, 4.69) is 4.98 Å². The summed E-state index contributed by atoms with van der Waals surface area (Å²) in [5.41, 5.74) is 4.91. The number of rotatable bonds is 4. The molecular weight excluding hydrogens is 356 g/mol. The van der Waals surface area contributed by atoms with Gasteiger partial charge in [-0.2, -0.15) is 0 Å². The monoisotopic (exact) mass is 372 g/mol. The van der Waals surface area contributed by atoms with Gasteiger partial charge in [-0.3, -0.25) is 10.1 Å². The summed E-state index contributed by atoms with van der Waals surface area (Å²) in [6.45, 7) is 0. The summed E-state index contributed by atoms with van der Waals surface area (Å²) in [6, 6.07) is 21.5. The molecule has 0 unspecified atom stereocenters. The Morgan fingerprint density at radius 2 is 1.68 bits per heavy atom. The molecular formula is C22H16N2O4. The Balaban J connectivity index is 1.97. The van der Waals surface area contributed by atoms with Crippen molar-refractivity contribution in [1.29, 1.82) is 0 Å². The van der Waals surface area contributed by atoms with Crippen molar-refractivity contribution in [3.05, 3.63) is 88.5 Å². The van der Waals surface area contributed by atoms with Crippen LogP contribution in [0.15, 0.2) is 72.8 Å². The van der Waals surface area contributed by atoms with E-state index in [4.69, 9.17) is 4.74 Å². The lowest BCUT2D eigenvalue weighted by atomic mass is 9.97. The van der Waals surface area contributed by atoms with E-state index >= 15 is 0 Å². The molecule has 0 bridgehead atoms. The minimum atomic E-state index is -0.421. The fourth-order valence-corrected chi connectivity index (χ4v) is 3.31. The molecule has 138 valence electrons. The highest BCUT2D eigenvalue weighted by molar-refractivity contribution is 6.06. The third-order valence-corrected chi connectivity index (χ3v) is 4.65. The number of methoxy groups -OCH3 is 1. The van der Waals surface area contributed by atoms with E-state index < -0.39 is 10.9 Å². The lowest BCUT2D eigenvalue weighted by molar-refractivity contribution is -0.384. The summed E-state index contributed by atoms with van der Waals surface area (Å²) in [5, 5.41) is 11.8. The number of nitrogens with one attached hydrogen (secondary N) is 1. The lowest BCUT2D eigenvalue weighted by Gasteiger charge is -2.06. The van der Waals surface area contributed by atoms with Crippen LogP contribution < -0.4 is 0 Å².